The maximum absolute atomic E-state index is 12.8. The van der Waals surface area contributed by atoms with Gasteiger partial charge >= 0.3 is 6.18 Å². The van der Waals surface area contributed by atoms with Gasteiger partial charge in [-0.05, 0) is 37.3 Å². The van der Waals surface area contributed by atoms with Gasteiger partial charge in [-0.3, -0.25) is 0 Å². The average Bonchev–Trinajstić information content (AvgIpc) is 3.01. The Bertz CT molecular complexity index is 1230. The number of aromatic nitrogens is 5. The van der Waals surface area contributed by atoms with Crippen LogP contribution >= 0.6 is 0 Å². The zero-order chi connectivity index (χ0) is 22.2. The van der Waals surface area contributed by atoms with Crippen LogP contribution in [-0.2, 0) is 12.7 Å². The predicted octanol–water partition coefficient (Wildman–Crippen LogP) is 3.46. The zero-order valence-electron chi connectivity index (χ0n) is 16.4. The molecule has 0 radical (unpaired) electrons. The number of anilines is 2. The highest BCUT2D eigenvalue weighted by Crippen LogP contribution is 2.28. The fourth-order valence-corrected chi connectivity index (χ4v) is 3.16. The normalized spacial score (nSPS) is 11.7. The summed E-state index contributed by atoms with van der Waals surface area (Å²) < 4.78 is 45.7. The second-order valence-electron chi connectivity index (χ2n) is 6.76. The molecule has 11 heteroatoms. The Labute approximate surface area is 174 Å². The van der Waals surface area contributed by atoms with Crippen LogP contribution in [-0.4, -0.2) is 31.1 Å². The summed E-state index contributed by atoms with van der Waals surface area (Å²) in [4.78, 5) is 16.6. The van der Waals surface area contributed by atoms with E-state index in [1.165, 1.54) is 12.1 Å². The van der Waals surface area contributed by atoms with E-state index in [9.17, 15) is 13.2 Å². The lowest BCUT2D eigenvalue weighted by atomic mass is 10.1. The van der Waals surface area contributed by atoms with Gasteiger partial charge in [0.2, 0.25) is 5.88 Å². The summed E-state index contributed by atoms with van der Waals surface area (Å²) in [5, 5.41) is 0. The third-order valence-corrected chi connectivity index (χ3v) is 4.52. The lowest BCUT2D eigenvalue weighted by Gasteiger charge is -2.11. The Balaban J connectivity index is 1.57. The molecule has 0 fully saturated rings. The topological polar surface area (TPSA) is 118 Å². The molecular formula is C20H18F3N7O. The number of hydrogen-bond donors (Lipinski definition) is 2. The number of pyridine rings is 3. The highest BCUT2D eigenvalue weighted by atomic mass is 19.4. The van der Waals surface area contributed by atoms with Crippen LogP contribution in [0.5, 0.6) is 5.88 Å². The van der Waals surface area contributed by atoms with Gasteiger partial charge in [0.25, 0.3) is 0 Å². The first-order chi connectivity index (χ1) is 14.7. The Morgan fingerprint density at radius 1 is 0.968 bits per heavy atom. The lowest BCUT2D eigenvalue weighted by molar-refractivity contribution is -0.141. The van der Waals surface area contributed by atoms with Gasteiger partial charge in [-0.2, -0.15) is 13.2 Å². The first-order valence-electron chi connectivity index (χ1n) is 9.25. The number of fused-ring (bicyclic) bond motifs is 1. The van der Waals surface area contributed by atoms with Crippen molar-refractivity contribution < 1.29 is 17.9 Å². The zero-order valence-corrected chi connectivity index (χ0v) is 16.4. The van der Waals surface area contributed by atoms with E-state index in [0.29, 0.717) is 34.8 Å². The van der Waals surface area contributed by atoms with Crippen molar-refractivity contribution in [2.45, 2.75) is 19.6 Å². The average molecular weight is 429 g/mol. The van der Waals surface area contributed by atoms with Gasteiger partial charge in [0, 0.05) is 11.6 Å². The second-order valence-corrected chi connectivity index (χ2v) is 6.76. The number of ether oxygens (including phenoxy) is 1. The fraction of sp³-hybridized carbons (Fsp3) is 0.200. The Hall–Kier alpha value is -3.89. The van der Waals surface area contributed by atoms with E-state index in [2.05, 4.69) is 19.9 Å². The molecule has 160 valence electrons. The largest absolute Gasteiger partial charge is 0.476 e. The number of hydrogen-bond acceptors (Lipinski definition) is 7. The molecular weight excluding hydrogens is 411 g/mol. The van der Waals surface area contributed by atoms with Gasteiger partial charge in [-0.25, -0.2) is 19.9 Å². The summed E-state index contributed by atoms with van der Waals surface area (Å²) in [6, 6.07) is 10.5. The van der Waals surface area contributed by atoms with Crippen LogP contribution in [0.25, 0.3) is 22.4 Å². The van der Waals surface area contributed by atoms with Gasteiger partial charge in [-0.15, -0.1) is 0 Å². The Morgan fingerprint density at radius 2 is 1.71 bits per heavy atom. The molecule has 0 aromatic carbocycles. The molecule has 0 aliphatic carbocycles. The van der Waals surface area contributed by atoms with Crippen molar-refractivity contribution in [2.24, 2.45) is 0 Å². The third kappa shape index (κ3) is 4.34. The molecule has 0 aliphatic heterocycles. The fourth-order valence-electron chi connectivity index (χ4n) is 3.16. The number of alkyl halides is 3. The smallest absolute Gasteiger partial charge is 0.433 e. The van der Waals surface area contributed by atoms with Crippen LogP contribution in [0.15, 0.2) is 42.5 Å². The first kappa shape index (κ1) is 20.4. The first-order valence-corrected chi connectivity index (χ1v) is 9.25. The van der Waals surface area contributed by atoms with Crippen molar-refractivity contribution in [3.05, 3.63) is 54.0 Å². The lowest BCUT2D eigenvalue weighted by Crippen LogP contribution is -2.12. The van der Waals surface area contributed by atoms with E-state index in [4.69, 9.17) is 16.2 Å². The molecule has 4 aromatic heterocycles. The molecule has 0 aliphatic rings. The van der Waals surface area contributed by atoms with Crippen molar-refractivity contribution in [3.8, 4) is 17.1 Å². The molecule has 0 bridgehead atoms. The van der Waals surface area contributed by atoms with Crippen LogP contribution in [0.1, 0.15) is 11.5 Å². The van der Waals surface area contributed by atoms with Crippen LogP contribution in [0.4, 0.5) is 24.8 Å². The number of nitrogens with zero attached hydrogens (tertiary/aromatic N) is 5. The van der Waals surface area contributed by atoms with Gasteiger partial charge in [-0.1, -0.05) is 6.07 Å². The molecule has 4 rings (SSSR count). The molecule has 8 nitrogen and oxygen atoms in total. The number of nitrogens with two attached hydrogens (primary N) is 2. The molecule has 0 saturated heterocycles. The quantitative estimate of drug-likeness (QED) is 0.499. The SMILES string of the molecule is Cc1nc2ccc(-c3cc(N)nc(N)c3)nc2n1CCOc1cccc(C(F)(F)F)n1. The van der Waals surface area contributed by atoms with E-state index >= 15 is 0 Å². The molecule has 0 unspecified atom stereocenters. The standard InChI is InChI=1S/C20H18F3N7O/c1-11-26-14-6-5-13(12-9-16(24)29-17(25)10-12)27-19(14)30(11)7-8-31-18-4-2-3-15(28-18)20(21,22)23/h2-6,9-10H,7-8H2,1H3,(H4,24,25,29). The van der Waals surface area contributed by atoms with Crippen molar-refractivity contribution in [1.29, 1.82) is 0 Å². The van der Waals surface area contributed by atoms with Crippen molar-refractivity contribution in [3.63, 3.8) is 0 Å². The highest BCUT2D eigenvalue weighted by molar-refractivity contribution is 5.77. The molecule has 0 atom stereocenters. The van der Waals surface area contributed by atoms with Crippen LogP contribution in [0.3, 0.4) is 0 Å². The summed E-state index contributed by atoms with van der Waals surface area (Å²) in [7, 11) is 0. The van der Waals surface area contributed by atoms with E-state index in [1.807, 2.05) is 17.6 Å². The summed E-state index contributed by atoms with van der Waals surface area (Å²) in [6.45, 7) is 2.21. The van der Waals surface area contributed by atoms with Crippen molar-refractivity contribution in [1.82, 2.24) is 24.5 Å². The van der Waals surface area contributed by atoms with Gasteiger partial charge in [0.1, 0.15) is 35.3 Å². The van der Waals surface area contributed by atoms with E-state index in [0.717, 1.165) is 6.07 Å². The number of nitrogen functional groups attached to an aromatic ring is 2. The molecule has 4 aromatic rings. The maximum Gasteiger partial charge on any atom is 0.433 e. The number of rotatable bonds is 5. The molecule has 31 heavy (non-hydrogen) atoms. The summed E-state index contributed by atoms with van der Waals surface area (Å²) in [6.07, 6.45) is -4.53. The maximum atomic E-state index is 12.8. The van der Waals surface area contributed by atoms with E-state index in [1.54, 1.807) is 18.2 Å². The molecule has 0 spiro atoms. The van der Waals surface area contributed by atoms with Crippen molar-refractivity contribution >= 4 is 22.8 Å². The predicted molar refractivity (Wildman–Crippen MR) is 109 cm³/mol. The molecule has 0 amide bonds. The van der Waals surface area contributed by atoms with Crippen molar-refractivity contribution in [2.75, 3.05) is 18.1 Å². The third-order valence-electron chi connectivity index (χ3n) is 4.52. The highest BCUT2D eigenvalue weighted by Gasteiger charge is 2.32. The number of imidazole rings is 1. The van der Waals surface area contributed by atoms with Gasteiger partial charge in [0.15, 0.2) is 5.65 Å². The van der Waals surface area contributed by atoms with Crippen LogP contribution in [0, 0.1) is 6.92 Å². The van der Waals surface area contributed by atoms with Crippen LogP contribution in [0.2, 0.25) is 0 Å². The monoisotopic (exact) mass is 429 g/mol. The second kappa shape index (κ2) is 7.74. The number of aryl methyl sites for hydroxylation is 1. The molecule has 4 N–H and O–H groups in total. The molecule has 4 heterocycles. The summed E-state index contributed by atoms with van der Waals surface area (Å²) in [5.41, 5.74) is 13.2. The summed E-state index contributed by atoms with van der Waals surface area (Å²) >= 11 is 0. The minimum absolute atomic E-state index is 0.0850. The molecule has 0 saturated carbocycles. The van der Waals surface area contributed by atoms with E-state index in [-0.39, 0.29) is 24.1 Å². The van der Waals surface area contributed by atoms with E-state index < -0.39 is 11.9 Å². The Morgan fingerprint density at radius 3 is 2.42 bits per heavy atom. The minimum Gasteiger partial charge on any atom is -0.476 e. The van der Waals surface area contributed by atoms with Crippen LogP contribution < -0.4 is 16.2 Å². The van der Waals surface area contributed by atoms with Gasteiger partial charge < -0.3 is 20.8 Å². The summed E-state index contributed by atoms with van der Waals surface area (Å²) in [5.74, 6) is 1.15. The van der Waals surface area contributed by atoms with Gasteiger partial charge in [0.05, 0.1) is 12.2 Å². The number of halogens is 3. The minimum atomic E-state index is -4.53. The Kier molecular flexibility index (Phi) is 5.09.